The number of amides is 1. The Bertz CT molecular complexity index is 1180. The normalized spacial score (nSPS) is 10.8. The SMILES string of the molecule is CS(=O)(=O)NC(=O)c1ccc(OCc2ccccc2-c2ccccc2)c(C#N)c1. The fourth-order valence-electron chi connectivity index (χ4n) is 2.81. The fourth-order valence-corrected chi connectivity index (χ4v) is 3.27. The predicted octanol–water partition coefficient (Wildman–Crippen LogP) is 3.49. The molecule has 6 nitrogen and oxygen atoms in total. The molecule has 0 heterocycles. The molecule has 1 amide bonds. The van der Waals surface area contributed by atoms with Crippen LogP contribution in [0.1, 0.15) is 21.5 Å². The molecule has 0 spiro atoms. The number of sulfonamides is 1. The lowest BCUT2D eigenvalue weighted by atomic mass is 10.0. The Hall–Kier alpha value is -3.63. The first kappa shape index (κ1) is 20.1. The molecule has 0 fully saturated rings. The third-order valence-electron chi connectivity index (χ3n) is 4.13. The van der Waals surface area contributed by atoms with E-state index in [2.05, 4.69) is 0 Å². The number of rotatable bonds is 6. The van der Waals surface area contributed by atoms with Crippen LogP contribution >= 0.6 is 0 Å². The summed E-state index contributed by atoms with van der Waals surface area (Å²) in [6, 6.07) is 23.9. The number of carbonyl (C=O) groups is 1. The van der Waals surface area contributed by atoms with Gasteiger partial charge in [0.15, 0.2) is 0 Å². The summed E-state index contributed by atoms with van der Waals surface area (Å²) >= 11 is 0. The highest BCUT2D eigenvalue weighted by molar-refractivity contribution is 7.89. The summed E-state index contributed by atoms with van der Waals surface area (Å²) in [5, 5.41) is 9.41. The van der Waals surface area contributed by atoms with Crippen LogP contribution in [-0.4, -0.2) is 20.6 Å². The van der Waals surface area contributed by atoms with E-state index in [9.17, 15) is 18.5 Å². The lowest BCUT2D eigenvalue weighted by Gasteiger charge is -2.13. The first-order chi connectivity index (χ1) is 13.9. The number of nitrogens with one attached hydrogen (secondary N) is 1. The van der Waals surface area contributed by atoms with E-state index in [1.54, 1.807) is 0 Å². The Morgan fingerprint density at radius 3 is 2.41 bits per heavy atom. The van der Waals surface area contributed by atoms with E-state index in [1.165, 1.54) is 18.2 Å². The Kier molecular flexibility index (Phi) is 5.96. The second kappa shape index (κ2) is 8.59. The lowest BCUT2D eigenvalue weighted by molar-refractivity contribution is 0.0981. The quantitative estimate of drug-likeness (QED) is 0.676. The number of benzene rings is 3. The Balaban J connectivity index is 1.82. The van der Waals surface area contributed by atoms with Crippen molar-refractivity contribution in [2.24, 2.45) is 0 Å². The summed E-state index contributed by atoms with van der Waals surface area (Å²) in [5.41, 5.74) is 3.23. The van der Waals surface area contributed by atoms with Crippen LogP contribution in [0.3, 0.4) is 0 Å². The Labute approximate surface area is 169 Å². The standard InChI is InChI=1S/C22H18N2O4S/c1-29(26,27)24-22(25)17-11-12-21(19(13-17)14-23)28-15-18-9-5-6-10-20(18)16-7-3-2-4-8-16/h2-13H,15H2,1H3,(H,24,25). The average Bonchev–Trinajstić information content (AvgIpc) is 2.71. The summed E-state index contributed by atoms with van der Waals surface area (Å²) in [4.78, 5) is 12.0. The summed E-state index contributed by atoms with van der Waals surface area (Å²) in [5.74, 6) is -0.490. The third kappa shape index (κ3) is 5.21. The highest BCUT2D eigenvalue weighted by Crippen LogP contribution is 2.26. The average molecular weight is 406 g/mol. The monoisotopic (exact) mass is 406 g/mol. The smallest absolute Gasteiger partial charge is 0.264 e. The molecule has 0 saturated carbocycles. The van der Waals surface area contributed by atoms with Crippen LogP contribution in [0.15, 0.2) is 72.8 Å². The Morgan fingerprint density at radius 2 is 1.72 bits per heavy atom. The molecule has 0 saturated heterocycles. The molecule has 0 aliphatic carbocycles. The maximum Gasteiger partial charge on any atom is 0.264 e. The van der Waals surface area contributed by atoms with Crippen LogP contribution in [0.4, 0.5) is 0 Å². The molecule has 0 radical (unpaired) electrons. The molecular weight excluding hydrogens is 388 g/mol. The Morgan fingerprint density at radius 1 is 1.03 bits per heavy atom. The van der Waals surface area contributed by atoms with E-state index >= 15 is 0 Å². The zero-order valence-corrected chi connectivity index (χ0v) is 16.4. The second-order valence-electron chi connectivity index (χ2n) is 6.34. The molecule has 3 aromatic rings. The van der Waals surface area contributed by atoms with Crippen molar-refractivity contribution < 1.29 is 17.9 Å². The minimum absolute atomic E-state index is 0.0593. The number of nitrogens with zero attached hydrogens (tertiary/aromatic N) is 1. The van der Waals surface area contributed by atoms with Crippen LogP contribution in [0.5, 0.6) is 5.75 Å². The van der Waals surface area contributed by atoms with Gasteiger partial charge >= 0.3 is 0 Å². The molecule has 146 valence electrons. The van der Waals surface area contributed by atoms with Crippen LogP contribution in [0.2, 0.25) is 0 Å². The molecule has 3 aromatic carbocycles. The molecule has 29 heavy (non-hydrogen) atoms. The van der Waals surface area contributed by atoms with Crippen molar-refractivity contribution in [1.29, 1.82) is 5.26 Å². The predicted molar refractivity (Wildman–Crippen MR) is 110 cm³/mol. The lowest BCUT2D eigenvalue weighted by Crippen LogP contribution is -2.29. The molecule has 3 rings (SSSR count). The molecule has 7 heteroatoms. The summed E-state index contributed by atoms with van der Waals surface area (Å²) in [7, 11) is -3.69. The van der Waals surface area contributed by atoms with Crippen LogP contribution in [-0.2, 0) is 16.6 Å². The van der Waals surface area contributed by atoms with E-state index < -0.39 is 15.9 Å². The van der Waals surface area contributed by atoms with Gasteiger partial charge in [-0.1, -0.05) is 54.6 Å². The van der Waals surface area contributed by atoms with Gasteiger partial charge < -0.3 is 4.74 Å². The van der Waals surface area contributed by atoms with Crippen LogP contribution < -0.4 is 9.46 Å². The van der Waals surface area contributed by atoms with E-state index in [-0.39, 0.29) is 17.7 Å². The van der Waals surface area contributed by atoms with Gasteiger partial charge in [-0.3, -0.25) is 4.79 Å². The largest absolute Gasteiger partial charge is 0.487 e. The molecule has 0 aliphatic rings. The summed E-state index contributed by atoms with van der Waals surface area (Å²) in [6.07, 6.45) is 0.887. The van der Waals surface area contributed by atoms with Gasteiger partial charge in [-0.2, -0.15) is 5.26 Å². The highest BCUT2D eigenvalue weighted by Gasteiger charge is 2.14. The van der Waals surface area contributed by atoms with Gasteiger partial charge in [0.25, 0.3) is 5.91 Å². The van der Waals surface area contributed by atoms with Crippen molar-refractivity contribution in [1.82, 2.24) is 4.72 Å². The first-order valence-electron chi connectivity index (χ1n) is 8.70. The molecule has 0 aliphatic heterocycles. The van der Waals surface area contributed by atoms with E-state index in [1.807, 2.05) is 65.4 Å². The number of hydrogen-bond donors (Lipinski definition) is 1. The molecule has 1 N–H and O–H groups in total. The topological polar surface area (TPSA) is 96.3 Å². The maximum absolute atomic E-state index is 12.0. The molecular formula is C22H18N2O4S. The van der Waals surface area contributed by atoms with Gasteiger partial charge in [-0.15, -0.1) is 0 Å². The van der Waals surface area contributed by atoms with Crippen molar-refractivity contribution >= 4 is 15.9 Å². The van der Waals surface area contributed by atoms with Crippen LogP contribution in [0.25, 0.3) is 11.1 Å². The third-order valence-corrected chi connectivity index (χ3v) is 4.68. The van der Waals surface area contributed by atoms with Gasteiger partial charge in [0.1, 0.15) is 18.4 Å². The minimum Gasteiger partial charge on any atom is -0.487 e. The van der Waals surface area contributed by atoms with E-state index in [4.69, 9.17) is 4.74 Å². The fraction of sp³-hybridized carbons (Fsp3) is 0.0909. The number of carbonyl (C=O) groups excluding carboxylic acids is 1. The van der Waals surface area contributed by atoms with Crippen molar-refractivity contribution in [3.63, 3.8) is 0 Å². The van der Waals surface area contributed by atoms with Crippen molar-refractivity contribution in [2.75, 3.05) is 6.26 Å². The number of hydrogen-bond acceptors (Lipinski definition) is 5. The minimum atomic E-state index is -3.69. The first-order valence-corrected chi connectivity index (χ1v) is 10.6. The molecule has 0 bridgehead atoms. The van der Waals surface area contributed by atoms with Crippen molar-refractivity contribution in [3.05, 3.63) is 89.5 Å². The van der Waals surface area contributed by atoms with Crippen molar-refractivity contribution in [2.45, 2.75) is 6.61 Å². The van der Waals surface area contributed by atoms with Gasteiger partial charge in [0.2, 0.25) is 10.0 Å². The summed E-state index contributed by atoms with van der Waals surface area (Å²) in [6.45, 7) is 0.231. The molecule has 0 atom stereocenters. The summed E-state index contributed by atoms with van der Waals surface area (Å²) < 4.78 is 30.2. The number of ether oxygens (including phenoxy) is 1. The maximum atomic E-state index is 12.0. The zero-order valence-electron chi connectivity index (χ0n) is 15.6. The zero-order chi connectivity index (χ0) is 20.9. The number of nitriles is 1. The van der Waals surface area contributed by atoms with E-state index in [0.29, 0.717) is 5.75 Å². The highest BCUT2D eigenvalue weighted by atomic mass is 32.2. The van der Waals surface area contributed by atoms with Crippen LogP contribution in [0, 0.1) is 11.3 Å². The van der Waals surface area contributed by atoms with Crippen molar-refractivity contribution in [3.8, 4) is 22.9 Å². The van der Waals surface area contributed by atoms with E-state index in [0.717, 1.165) is 22.9 Å². The second-order valence-corrected chi connectivity index (χ2v) is 8.09. The van der Waals surface area contributed by atoms with Gasteiger partial charge in [0.05, 0.1) is 11.8 Å². The van der Waals surface area contributed by atoms with Gasteiger partial charge in [0, 0.05) is 5.56 Å². The van der Waals surface area contributed by atoms with Gasteiger partial charge in [-0.05, 0) is 34.9 Å². The van der Waals surface area contributed by atoms with Gasteiger partial charge in [-0.25, -0.2) is 13.1 Å². The molecule has 0 unspecified atom stereocenters. The molecule has 0 aromatic heterocycles.